The molecule has 0 saturated carbocycles. The summed E-state index contributed by atoms with van der Waals surface area (Å²) in [6, 6.07) is 16.6. The van der Waals surface area contributed by atoms with E-state index in [4.69, 9.17) is 4.74 Å². The average molecular weight is 1030 g/mol. The van der Waals surface area contributed by atoms with Crippen LogP contribution in [-0.2, 0) is 49.4 Å². The highest BCUT2D eigenvalue weighted by Gasteiger charge is 2.41. The molecule has 7 rings (SSSR count). The van der Waals surface area contributed by atoms with E-state index in [2.05, 4.69) is 55.9 Å². The first-order valence-electron chi connectivity index (χ1n) is 23.6. The van der Waals surface area contributed by atoms with E-state index in [1.165, 1.54) is 36.1 Å². The predicted molar refractivity (Wildman–Crippen MR) is 247 cm³/mol. The van der Waals surface area contributed by atoms with Crippen LogP contribution in [-0.4, -0.2) is 92.2 Å². The molecule has 390 valence electrons. The molecule has 0 radical (unpaired) electrons. The minimum Gasteiger partial charge on any atom is -0.449 e. The molecule has 24 heteroatoms. The molecule has 1 unspecified atom stereocenters. The Bertz CT molecular complexity index is 2710. The second-order valence-corrected chi connectivity index (χ2v) is 18.4. The van der Waals surface area contributed by atoms with E-state index < -0.39 is 72.1 Å². The third-order valence-electron chi connectivity index (χ3n) is 12.4. The summed E-state index contributed by atoms with van der Waals surface area (Å²) < 4.78 is 91.4. The van der Waals surface area contributed by atoms with Gasteiger partial charge in [-0.1, -0.05) is 97.0 Å². The summed E-state index contributed by atoms with van der Waals surface area (Å²) in [6.07, 6.45) is -7.39. The molecule has 5 N–H and O–H groups in total. The van der Waals surface area contributed by atoms with Gasteiger partial charge in [0.05, 0.1) is 12.6 Å². The number of carbonyl (C=O) groups excluding carboxylic acids is 5. The Morgan fingerprint density at radius 1 is 0.685 bits per heavy atom. The van der Waals surface area contributed by atoms with Crippen molar-refractivity contribution in [1.29, 1.82) is 0 Å². The van der Waals surface area contributed by atoms with E-state index in [9.17, 15) is 50.3 Å². The number of nitrogens with zero attached hydrogens (tertiary/aromatic N) is 5. The first-order chi connectivity index (χ1) is 34.6. The first-order valence-corrected chi connectivity index (χ1v) is 23.6. The molecule has 2 aromatic heterocycles. The van der Waals surface area contributed by atoms with Gasteiger partial charge in [-0.3, -0.25) is 29.4 Å². The molecule has 0 bridgehead atoms. The Labute approximate surface area is 414 Å². The number of benzene rings is 3. The minimum absolute atomic E-state index is 0.0356. The normalized spacial score (nSPS) is 19.1. The van der Waals surface area contributed by atoms with Gasteiger partial charge in [0.2, 0.25) is 35.3 Å². The van der Waals surface area contributed by atoms with Gasteiger partial charge in [-0.05, 0) is 80.0 Å². The van der Waals surface area contributed by atoms with Crippen LogP contribution in [0.25, 0.3) is 22.8 Å². The molecule has 18 nitrogen and oxygen atoms in total. The maximum Gasteiger partial charge on any atom is 0.471 e. The molecule has 5 amide bonds. The Kier molecular flexibility index (Phi) is 16.8. The summed E-state index contributed by atoms with van der Waals surface area (Å²) in [6.45, 7) is 7.34. The number of aromatic nitrogens is 4. The van der Waals surface area contributed by atoms with E-state index >= 15 is 0 Å². The fraction of sp³-hybridized carbons (Fsp3) is 0.449. The summed E-state index contributed by atoms with van der Waals surface area (Å²) in [7, 11) is 0. The number of nitrogens with one attached hydrogen (secondary N) is 5. The van der Waals surface area contributed by atoms with Crippen molar-refractivity contribution in [1.82, 2.24) is 51.8 Å². The van der Waals surface area contributed by atoms with E-state index in [0.29, 0.717) is 29.5 Å². The fourth-order valence-corrected chi connectivity index (χ4v) is 8.36. The van der Waals surface area contributed by atoms with E-state index in [1.807, 2.05) is 38.1 Å². The quantitative estimate of drug-likeness (QED) is 0.0628. The SMILES string of the molecule is CC(C)COC(=O)N1CC[C@H](c2ccc(C3CCC[C@H](C(=O)N[C@@H](C)C(=O)NCc4ccc(-c5noc(C(F)(F)F)n5)cc4)N3)cc2)C[C@@H]1C(=O)N[C@@H](C)C(=O)NCc1ccc(-c2noc(C(F)(F)F)n2)cc1. The van der Waals surface area contributed by atoms with Gasteiger partial charge in [0.25, 0.3) is 0 Å². The Hall–Kier alpha value is -7.37. The average Bonchev–Trinajstić information content (AvgIpc) is 4.10. The van der Waals surface area contributed by atoms with Crippen LogP contribution in [0.3, 0.4) is 0 Å². The molecule has 2 aliphatic heterocycles. The van der Waals surface area contributed by atoms with Crippen molar-refractivity contribution < 1.29 is 64.1 Å². The minimum atomic E-state index is -4.78. The van der Waals surface area contributed by atoms with E-state index in [1.54, 1.807) is 31.2 Å². The number of ether oxygens (including phenoxy) is 1. The molecule has 0 spiro atoms. The van der Waals surface area contributed by atoms with Crippen LogP contribution in [0, 0.1) is 5.92 Å². The Morgan fingerprint density at radius 2 is 1.18 bits per heavy atom. The zero-order valence-corrected chi connectivity index (χ0v) is 40.1. The van der Waals surface area contributed by atoms with Crippen molar-refractivity contribution in [2.75, 3.05) is 13.2 Å². The number of alkyl halides is 6. The number of halogens is 6. The van der Waals surface area contributed by atoms with Crippen molar-refractivity contribution in [2.24, 2.45) is 5.92 Å². The van der Waals surface area contributed by atoms with Gasteiger partial charge in [0, 0.05) is 36.8 Å². The lowest BCUT2D eigenvalue weighted by Gasteiger charge is -2.38. The highest BCUT2D eigenvalue weighted by molar-refractivity contribution is 5.91. The summed E-state index contributed by atoms with van der Waals surface area (Å²) in [5, 5.41) is 21.2. The lowest BCUT2D eigenvalue weighted by atomic mass is 9.84. The van der Waals surface area contributed by atoms with Crippen LogP contribution < -0.4 is 26.6 Å². The molecule has 0 aliphatic carbocycles. The molecule has 73 heavy (non-hydrogen) atoms. The smallest absolute Gasteiger partial charge is 0.449 e. The largest absolute Gasteiger partial charge is 0.471 e. The molecule has 2 saturated heterocycles. The fourth-order valence-electron chi connectivity index (χ4n) is 8.36. The van der Waals surface area contributed by atoms with Crippen molar-refractivity contribution in [2.45, 2.75) is 121 Å². The summed E-state index contributed by atoms with van der Waals surface area (Å²) in [5.41, 5.74) is 3.68. The van der Waals surface area contributed by atoms with Crippen LogP contribution in [0.2, 0.25) is 0 Å². The van der Waals surface area contributed by atoms with Gasteiger partial charge in [0.15, 0.2) is 0 Å². The topological polar surface area (TPSA) is 236 Å². The number of hydrogen-bond acceptors (Lipinski definition) is 13. The van der Waals surface area contributed by atoms with Crippen molar-refractivity contribution in [3.63, 3.8) is 0 Å². The van der Waals surface area contributed by atoms with Crippen molar-refractivity contribution in [3.05, 3.63) is 107 Å². The number of rotatable bonds is 16. The van der Waals surface area contributed by atoms with Gasteiger partial charge in [-0.2, -0.15) is 36.3 Å². The standard InChI is InChI=1S/C49H54F6N10O8/c1-26(2)25-71-47(70)65-21-20-35(22-38(65)44(69)59-28(4)42(67)57-24-30-10-14-34(15-11-30)40-62-46(73-64-40)49(53,54)55)31-16-18-32(19-17-31)36-6-5-7-37(60-36)43(68)58-27(3)41(66)56-23-29-8-12-33(13-9-29)39-61-45(72-63-39)48(50,51)52/h8-19,26-28,35-38,60H,5-7,20-25H2,1-4H3,(H,56,66)(H,57,67)(H,58,68)(H,59,69)/t27-,28-,35-,36?,37+,38+/m0/s1. The molecule has 2 aliphatic rings. The highest BCUT2D eigenvalue weighted by Crippen LogP contribution is 2.35. The van der Waals surface area contributed by atoms with Gasteiger partial charge >= 0.3 is 30.2 Å². The van der Waals surface area contributed by atoms with Gasteiger partial charge in [-0.25, -0.2) is 4.79 Å². The van der Waals surface area contributed by atoms with Crippen LogP contribution in [0.5, 0.6) is 0 Å². The lowest BCUT2D eigenvalue weighted by molar-refractivity contribution is -0.160. The molecule has 2 fully saturated rings. The predicted octanol–water partition coefficient (Wildman–Crippen LogP) is 6.99. The van der Waals surface area contributed by atoms with Crippen LogP contribution in [0.1, 0.15) is 106 Å². The maximum atomic E-state index is 13.9. The summed E-state index contributed by atoms with van der Waals surface area (Å²) >= 11 is 0. The molecular formula is C49H54F6N10O8. The number of hydrogen-bond donors (Lipinski definition) is 5. The van der Waals surface area contributed by atoms with E-state index in [-0.39, 0.29) is 73.7 Å². The molecular weight excluding hydrogens is 971 g/mol. The number of piperidine rings is 2. The van der Waals surface area contributed by atoms with Crippen LogP contribution in [0.4, 0.5) is 31.1 Å². The second-order valence-electron chi connectivity index (χ2n) is 18.4. The zero-order valence-electron chi connectivity index (χ0n) is 40.1. The van der Waals surface area contributed by atoms with Gasteiger partial charge in [-0.15, -0.1) is 0 Å². The first kappa shape index (κ1) is 53.4. The Morgan fingerprint density at radius 3 is 1.66 bits per heavy atom. The molecule has 4 heterocycles. The maximum absolute atomic E-state index is 13.9. The van der Waals surface area contributed by atoms with Gasteiger partial charge in [0.1, 0.15) is 18.1 Å². The van der Waals surface area contributed by atoms with Crippen molar-refractivity contribution >= 4 is 29.7 Å². The second kappa shape index (κ2) is 23.0. The highest BCUT2D eigenvalue weighted by atomic mass is 19.4. The number of carbonyl (C=O) groups is 5. The number of amides is 5. The molecule has 6 atom stereocenters. The molecule has 5 aromatic rings. The summed E-state index contributed by atoms with van der Waals surface area (Å²) in [4.78, 5) is 75.0. The third kappa shape index (κ3) is 14.0. The number of likely N-dealkylation sites (tertiary alicyclic amines) is 1. The molecule has 3 aromatic carbocycles. The monoisotopic (exact) mass is 1020 g/mol. The lowest BCUT2D eigenvalue weighted by Crippen LogP contribution is -2.56. The zero-order chi connectivity index (χ0) is 52.6. The van der Waals surface area contributed by atoms with Gasteiger partial charge < -0.3 is 35.1 Å². The van der Waals surface area contributed by atoms with Crippen LogP contribution in [0.15, 0.2) is 81.8 Å². The van der Waals surface area contributed by atoms with E-state index in [0.717, 1.165) is 24.0 Å². The summed E-state index contributed by atoms with van der Waals surface area (Å²) in [5.74, 6) is -5.34. The van der Waals surface area contributed by atoms with Crippen molar-refractivity contribution in [3.8, 4) is 22.8 Å². The van der Waals surface area contributed by atoms with Crippen LogP contribution >= 0.6 is 0 Å². The Balaban J connectivity index is 0.899. The third-order valence-corrected chi connectivity index (χ3v) is 12.4.